The number of H-pyrrole nitrogens is 1. The highest BCUT2D eigenvalue weighted by Gasteiger charge is 2.29. The van der Waals surface area contributed by atoms with E-state index in [9.17, 15) is 14.0 Å². The minimum absolute atomic E-state index is 0.0779. The van der Waals surface area contributed by atoms with Crippen LogP contribution >= 0.6 is 0 Å². The number of pyridine rings is 1. The van der Waals surface area contributed by atoms with Gasteiger partial charge in [0, 0.05) is 54.8 Å². The highest BCUT2D eigenvalue weighted by atomic mass is 19.1. The molecule has 1 aliphatic heterocycles. The number of rotatable bonds is 5. The zero-order valence-electron chi connectivity index (χ0n) is 21.5. The van der Waals surface area contributed by atoms with Crippen molar-refractivity contribution in [3.05, 3.63) is 100 Å². The van der Waals surface area contributed by atoms with Crippen LogP contribution in [0.5, 0.6) is 0 Å². The molecule has 0 atom stereocenters. The Morgan fingerprint density at radius 1 is 1.15 bits per heavy atom. The second-order valence-electron chi connectivity index (χ2n) is 9.75. The summed E-state index contributed by atoms with van der Waals surface area (Å²) in [5.74, 6) is 1.94. The third-order valence-electron chi connectivity index (χ3n) is 7.39. The Bertz CT molecular complexity index is 1820. The van der Waals surface area contributed by atoms with E-state index in [4.69, 9.17) is 12.2 Å². The molecule has 0 saturated carbocycles. The van der Waals surface area contributed by atoms with E-state index in [1.807, 2.05) is 18.2 Å². The minimum atomic E-state index is -0.440. The van der Waals surface area contributed by atoms with Gasteiger partial charge < -0.3 is 15.6 Å². The van der Waals surface area contributed by atoms with E-state index in [1.165, 1.54) is 6.07 Å². The molecule has 200 valence electrons. The number of fused-ring (bicyclic) bond motifs is 1. The summed E-state index contributed by atoms with van der Waals surface area (Å²) in [6, 6.07) is 15.4. The van der Waals surface area contributed by atoms with Crippen molar-refractivity contribution in [2.75, 3.05) is 13.1 Å². The van der Waals surface area contributed by atoms with Crippen molar-refractivity contribution in [3.8, 4) is 29.3 Å². The number of nitrogens with two attached hydrogens (primary N) is 1. The number of aromatic amines is 1. The fourth-order valence-electron chi connectivity index (χ4n) is 5.30. The van der Waals surface area contributed by atoms with Gasteiger partial charge in [0.1, 0.15) is 5.82 Å². The number of nitrogens with one attached hydrogen (secondary N) is 1. The molecule has 4 heterocycles. The molecule has 5 aromatic rings. The number of hydrogen-bond acceptors (Lipinski definition) is 5. The molecule has 0 unspecified atom stereocenters. The van der Waals surface area contributed by atoms with Crippen molar-refractivity contribution >= 4 is 16.9 Å². The van der Waals surface area contributed by atoms with Gasteiger partial charge >= 0.3 is 5.69 Å². The normalized spacial score (nSPS) is 14.0. The summed E-state index contributed by atoms with van der Waals surface area (Å²) < 4.78 is 17.9. The van der Waals surface area contributed by atoms with E-state index >= 15 is 0 Å². The molecule has 1 aliphatic rings. The Morgan fingerprint density at radius 2 is 1.98 bits per heavy atom. The minimum Gasteiger partial charge on any atom is -0.337 e. The van der Waals surface area contributed by atoms with Gasteiger partial charge in [0.05, 0.1) is 22.4 Å². The van der Waals surface area contributed by atoms with Gasteiger partial charge in [-0.05, 0) is 61.4 Å². The molecular formula is C30H26FN7O2. The Kier molecular flexibility index (Phi) is 6.50. The highest BCUT2D eigenvalue weighted by Crippen LogP contribution is 2.28. The third-order valence-corrected chi connectivity index (χ3v) is 7.39. The standard InChI is InChI=1S/C30H26FN7O2/c1-2-19-5-8-25-28(14-19)37(30(40)34-25)22-9-12-36(13-10-22)29(39)26-16-27(21-4-3-11-33-18-21)38(35-26)23-7-6-20(17-32)24(31)15-23/h1,3-8,11,14-16,18,22H,9-10,12-13,17,32H2,(H,34,40). The number of piperidine rings is 1. The molecule has 0 aliphatic carbocycles. The zero-order chi connectivity index (χ0) is 27.8. The molecule has 3 N–H and O–H groups in total. The lowest BCUT2D eigenvalue weighted by Crippen LogP contribution is -2.40. The lowest BCUT2D eigenvalue weighted by Gasteiger charge is -2.32. The first-order chi connectivity index (χ1) is 19.5. The molecule has 10 heteroatoms. The molecule has 1 amide bonds. The number of carbonyl (C=O) groups excluding carboxylic acids is 1. The Morgan fingerprint density at radius 3 is 2.67 bits per heavy atom. The second-order valence-corrected chi connectivity index (χ2v) is 9.75. The Balaban J connectivity index is 1.28. The van der Waals surface area contributed by atoms with Crippen molar-refractivity contribution in [1.29, 1.82) is 0 Å². The lowest BCUT2D eigenvalue weighted by atomic mass is 10.0. The highest BCUT2D eigenvalue weighted by molar-refractivity contribution is 5.93. The second kappa shape index (κ2) is 10.3. The zero-order valence-corrected chi connectivity index (χ0v) is 21.5. The van der Waals surface area contributed by atoms with Gasteiger partial charge in [-0.1, -0.05) is 12.0 Å². The molecule has 2 aromatic carbocycles. The lowest BCUT2D eigenvalue weighted by molar-refractivity contribution is 0.0688. The largest absolute Gasteiger partial charge is 0.337 e. The monoisotopic (exact) mass is 535 g/mol. The summed E-state index contributed by atoms with van der Waals surface area (Å²) in [6.07, 6.45) is 10.1. The topological polar surface area (TPSA) is 115 Å². The molecule has 0 spiro atoms. The van der Waals surface area contributed by atoms with Crippen LogP contribution < -0.4 is 11.4 Å². The SMILES string of the molecule is C#Cc1ccc2[nH]c(=O)n(C3CCN(C(=O)c4cc(-c5cccnc5)n(-c5ccc(CN)c(F)c5)n4)CC3)c2c1. The number of aromatic nitrogens is 5. The summed E-state index contributed by atoms with van der Waals surface area (Å²) in [7, 11) is 0. The van der Waals surface area contributed by atoms with E-state index in [2.05, 4.69) is 21.0 Å². The van der Waals surface area contributed by atoms with Crippen LogP contribution in [0, 0.1) is 18.2 Å². The van der Waals surface area contributed by atoms with Crippen LogP contribution in [0.2, 0.25) is 0 Å². The predicted molar refractivity (Wildman–Crippen MR) is 149 cm³/mol. The maximum Gasteiger partial charge on any atom is 0.326 e. The maximum absolute atomic E-state index is 14.6. The average Bonchev–Trinajstić information content (AvgIpc) is 3.58. The molecule has 3 aromatic heterocycles. The number of halogens is 1. The van der Waals surface area contributed by atoms with Crippen LogP contribution in [0.4, 0.5) is 4.39 Å². The Hall–Kier alpha value is -5.01. The summed E-state index contributed by atoms with van der Waals surface area (Å²) >= 11 is 0. The fourth-order valence-corrected chi connectivity index (χ4v) is 5.30. The van der Waals surface area contributed by atoms with Gasteiger partial charge in [0.15, 0.2) is 5.69 Å². The van der Waals surface area contributed by atoms with Gasteiger partial charge in [-0.3, -0.25) is 14.3 Å². The van der Waals surface area contributed by atoms with Crippen LogP contribution in [0.3, 0.4) is 0 Å². The summed E-state index contributed by atoms with van der Waals surface area (Å²) in [4.78, 5) is 35.2. The van der Waals surface area contributed by atoms with E-state index in [1.54, 1.807) is 56.9 Å². The van der Waals surface area contributed by atoms with Crippen molar-refractivity contribution in [3.63, 3.8) is 0 Å². The summed E-state index contributed by atoms with van der Waals surface area (Å²) in [5.41, 5.74) is 10.1. The van der Waals surface area contributed by atoms with Crippen LogP contribution in [0.15, 0.2) is 71.8 Å². The predicted octanol–water partition coefficient (Wildman–Crippen LogP) is 3.63. The number of hydrogen-bond donors (Lipinski definition) is 2. The van der Waals surface area contributed by atoms with E-state index in [-0.39, 0.29) is 29.9 Å². The average molecular weight is 536 g/mol. The number of terminal acetylenes is 1. The molecule has 9 nitrogen and oxygen atoms in total. The van der Waals surface area contributed by atoms with Gasteiger partial charge in [0.2, 0.25) is 0 Å². The quantitative estimate of drug-likeness (QED) is 0.334. The number of amides is 1. The van der Waals surface area contributed by atoms with Crippen molar-refractivity contribution in [2.45, 2.75) is 25.4 Å². The molecule has 1 fully saturated rings. The number of imidazole rings is 1. The third kappa shape index (κ3) is 4.46. The molecule has 40 heavy (non-hydrogen) atoms. The number of likely N-dealkylation sites (tertiary alicyclic amines) is 1. The van der Waals surface area contributed by atoms with Crippen LogP contribution in [0.1, 0.15) is 40.5 Å². The van der Waals surface area contributed by atoms with Gasteiger partial charge in [-0.15, -0.1) is 6.42 Å². The van der Waals surface area contributed by atoms with E-state index < -0.39 is 5.82 Å². The smallest absolute Gasteiger partial charge is 0.326 e. The van der Waals surface area contributed by atoms with Crippen molar-refractivity contribution in [1.82, 2.24) is 29.2 Å². The van der Waals surface area contributed by atoms with E-state index in [0.29, 0.717) is 48.4 Å². The number of carbonyl (C=O) groups is 1. The van der Waals surface area contributed by atoms with Crippen LogP contribution in [-0.4, -0.2) is 48.2 Å². The summed E-state index contributed by atoms with van der Waals surface area (Å²) in [5, 5.41) is 4.59. The number of nitrogens with zero attached hydrogens (tertiary/aromatic N) is 5. The van der Waals surface area contributed by atoms with Crippen LogP contribution in [0.25, 0.3) is 28.0 Å². The van der Waals surface area contributed by atoms with E-state index in [0.717, 1.165) is 16.6 Å². The molecular weight excluding hydrogens is 509 g/mol. The first kappa shape index (κ1) is 25.3. The van der Waals surface area contributed by atoms with Crippen LogP contribution in [-0.2, 0) is 6.54 Å². The van der Waals surface area contributed by atoms with Gasteiger partial charge in [0.25, 0.3) is 5.91 Å². The molecule has 0 bridgehead atoms. The van der Waals surface area contributed by atoms with Gasteiger partial charge in [-0.2, -0.15) is 5.10 Å². The summed E-state index contributed by atoms with van der Waals surface area (Å²) in [6.45, 7) is 0.981. The number of benzene rings is 2. The molecule has 0 radical (unpaired) electrons. The first-order valence-electron chi connectivity index (χ1n) is 13.0. The van der Waals surface area contributed by atoms with Crippen molar-refractivity contribution in [2.24, 2.45) is 5.73 Å². The molecule has 1 saturated heterocycles. The Labute approximate surface area is 229 Å². The molecule has 6 rings (SSSR count). The fraction of sp³-hybridized carbons (Fsp3) is 0.200. The first-order valence-corrected chi connectivity index (χ1v) is 13.0. The maximum atomic E-state index is 14.6. The van der Waals surface area contributed by atoms with Gasteiger partial charge in [-0.25, -0.2) is 13.9 Å². The van der Waals surface area contributed by atoms with Crippen molar-refractivity contribution < 1.29 is 9.18 Å².